The predicted octanol–water partition coefficient (Wildman–Crippen LogP) is 2.39. The Morgan fingerprint density at radius 2 is 1.82 bits per heavy atom. The number of morpholine rings is 1. The van der Waals surface area contributed by atoms with Gasteiger partial charge in [-0.3, -0.25) is 4.57 Å². The van der Waals surface area contributed by atoms with Gasteiger partial charge in [-0.25, -0.2) is 9.97 Å². The van der Waals surface area contributed by atoms with Crippen molar-refractivity contribution in [2.75, 3.05) is 44.3 Å². The second-order valence-electron chi connectivity index (χ2n) is 9.09. The quantitative estimate of drug-likeness (QED) is 0.515. The van der Waals surface area contributed by atoms with Crippen molar-refractivity contribution < 1.29 is 4.74 Å². The van der Waals surface area contributed by atoms with E-state index in [-0.39, 0.29) is 0 Å². The topological polar surface area (TPSA) is 85.9 Å². The van der Waals surface area contributed by atoms with E-state index in [0.717, 1.165) is 72.3 Å². The number of anilines is 1. The SMILES string of the molecule is Cc1nc2ccccc2n1-c1nc(N2CCOCC2)c2nc(CC3CCNCC3)n(C)c2n1. The Kier molecular flexibility index (Phi) is 5.22. The summed E-state index contributed by atoms with van der Waals surface area (Å²) in [5.74, 6) is 4.15. The summed E-state index contributed by atoms with van der Waals surface area (Å²) in [6.45, 7) is 7.18. The van der Waals surface area contributed by atoms with Crippen molar-refractivity contribution in [3.8, 4) is 5.95 Å². The van der Waals surface area contributed by atoms with E-state index in [1.54, 1.807) is 0 Å². The number of hydrogen-bond acceptors (Lipinski definition) is 7. The highest BCUT2D eigenvalue weighted by atomic mass is 16.5. The maximum absolute atomic E-state index is 5.61. The van der Waals surface area contributed by atoms with Crippen molar-refractivity contribution in [2.24, 2.45) is 13.0 Å². The van der Waals surface area contributed by atoms with Gasteiger partial charge in [0, 0.05) is 26.6 Å². The van der Waals surface area contributed by atoms with Crippen molar-refractivity contribution >= 4 is 28.0 Å². The van der Waals surface area contributed by atoms with Crippen molar-refractivity contribution in [1.29, 1.82) is 0 Å². The number of imidazole rings is 2. The summed E-state index contributed by atoms with van der Waals surface area (Å²) in [5.41, 5.74) is 3.72. The van der Waals surface area contributed by atoms with Gasteiger partial charge < -0.3 is 19.5 Å². The van der Waals surface area contributed by atoms with Crippen molar-refractivity contribution in [1.82, 2.24) is 34.4 Å². The minimum atomic E-state index is 0.645. The molecule has 2 aliphatic heterocycles. The van der Waals surface area contributed by atoms with Crippen molar-refractivity contribution in [3.05, 3.63) is 35.9 Å². The van der Waals surface area contributed by atoms with Crippen LogP contribution in [0.3, 0.4) is 0 Å². The summed E-state index contributed by atoms with van der Waals surface area (Å²) < 4.78 is 9.83. The highest BCUT2D eigenvalue weighted by molar-refractivity contribution is 5.86. The number of aryl methyl sites for hydroxylation is 2. The summed E-state index contributed by atoms with van der Waals surface area (Å²) in [4.78, 5) is 22.2. The maximum atomic E-state index is 5.61. The molecule has 6 rings (SSSR count). The van der Waals surface area contributed by atoms with Crippen molar-refractivity contribution in [3.63, 3.8) is 0 Å². The molecule has 2 fully saturated rings. The predicted molar refractivity (Wildman–Crippen MR) is 128 cm³/mol. The number of piperidine rings is 1. The number of benzene rings is 1. The molecule has 2 aliphatic rings. The molecule has 0 unspecified atom stereocenters. The van der Waals surface area contributed by atoms with E-state index in [0.29, 0.717) is 25.1 Å². The molecule has 1 aromatic carbocycles. The Hall–Kier alpha value is -3.04. The zero-order valence-corrected chi connectivity index (χ0v) is 19.3. The summed E-state index contributed by atoms with van der Waals surface area (Å²) in [7, 11) is 2.09. The van der Waals surface area contributed by atoms with Gasteiger partial charge in [0.05, 0.1) is 24.2 Å². The third-order valence-corrected chi connectivity index (χ3v) is 6.95. The number of hydrogen-bond donors (Lipinski definition) is 1. The van der Waals surface area contributed by atoms with E-state index < -0.39 is 0 Å². The number of aromatic nitrogens is 6. The molecule has 0 spiro atoms. The van der Waals surface area contributed by atoms with Crippen LogP contribution in [0.4, 0.5) is 5.82 Å². The van der Waals surface area contributed by atoms with Gasteiger partial charge in [-0.15, -0.1) is 0 Å². The first kappa shape index (κ1) is 20.6. The molecule has 9 nitrogen and oxygen atoms in total. The van der Waals surface area contributed by atoms with Crippen LogP contribution in [-0.4, -0.2) is 68.5 Å². The van der Waals surface area contributed by atoms with Crippen LogP contribution >= 0.6 is 0 Å². The fourth-order valence-electron chi connectivity index (χ4n) is 5.10. The number of rotatable bonds is 4. The lowest BCUT2D eigenvalue weighted by Crippen LogP contribution is -2.37. The van der Waals surface area contributed by atoms with Gasteiger partial charge in [0.1, 0.15) is 11.6 Å². The summed E-state index contributed by atoms with van der Waals surface area (Å²) >= 11 is 0. The monoisotopic (exact) mass is 446 g/mol. The molecule has 5 heterocycles. The molecule has 0 atom stereocenters. The van der Waals surface area contributed by atoms with E-state index in [4.69, 9.17) is 24.7 Å². The Morgan fingerprint density at radius 3 is 2.64 bits per heavy atom. The van der Waals surface area contributed by atoms with E-state index in [1.165, 1.54) is 12.8 Å². The Bertz CT molecular complexity index is 1300. The molecule has 0 bridgehead atoms. The van der Waals surface area contributed by atoms with Crippen LogP contribution in [0, 0.1) is 12.8 Å². The molecule has 9 heteroatoms. The van der Waals surface area contributed by atoms with E-state index in [1.807, 2.05) is 25.1 Å². The van der Waals surface area contributed by atoms with Crippen LogP contribution in [0.2, 0.25) is 0 Å². The lowest BCUT2D eigenvalue weighted by Gasteiger charge is -2.28. The summed E-state index contributed by atoms with van der Waals surface area (Å²) in [5, 5.41) is 3.46. The van der Waals surface area contributed by atoms with Gasteiger partial charge in [0.15, 0.2) is 17.0 Å². The third-order valence-electron chi connectivity index (χ3n) is 6.95. The molecule has 33 heavy (non-hydrogen) atoms. The van der Waals surface area contributed by atoms with Gasteiger partial charge in [0.25, 0.3) is 0 Å². The Morgan fingerprint density at radius 1 is 1.03 bits per heavy atom. The molecular formula is C24H30N8O. The molecule has 0 amide bonds. The van der Waals surface area contributed by atoms with Crippen LogP contribution in [0.5, 0.6) is 0 Å². The number of fused-ring (bicyclic) bond motifs is 2. The highest BCUT2D eigenvalue weighted by Crippen LogP contribution is 2.29. The first-order valence-electron chi connectivity index (χ1n) is 11.9. The third kappa shape index (κ3) is 3.65. The molecule has 0 aliphatic carbocycles. The fraction of sp³-hybridized carbons (Fsp3) is 0.500. The van der Waals surface area contributed by atoms with Gasteiger partial charge >= 0.3 is 0 Å². The molecule has 0 saturated carbocycles. The van der Waals surface area contributed by atoms with Gasteiger partial charge in [0.2, 0.25) is 5.95 Å². The summed E-state index contributed by atoms with van der Waals surface area (Å²) in [6, 6.07) is 8.14. The van der Waals surface area contributed by atoms with Crippen LogP contribution in [0.1, 0.15) is 24.5 Å². The Labute approximate surface area is 192 Å². The zero-order valence-electron chi connectivity index (χ0n) is 19.3. The average molecular weight is 447 g/mol. The van der Waals surface area contributed by atoms with E-state index in [9.17, 15) is 0 Å². The molecule has 172 valence electrons. The second-order valence-corrected chi connectivity index (χ2v) is 9.09. The average Bonchev–Trinajstić information content (AvgIpc) is 3.35. The normalized spacial score (nSPS) is 17.9. The lowest BCUT2D eigenvalue weighted by atomic mass is 9.94. The van der Waals surface area contributed by atoms with Gasteiger partial charge in [-0.1, -0.05) is 12.1 Å². The van der Waals surface area contributed by atoms with Gasteiger partial charge in [-0.2, -0.15) is 9.97 Å². The Balaban J connectivity index is 1.52. The first-order valence-corrected chi connectivity index (χ1v) is 11.9. The largest absolute Gasteiger partial charge is 0.378 e. The first-order chi connectivity index (χ1) is 16.2. The maximum Gasteiger partial charge on any atom is 0.239 e. The van der Waals surface area contributed by atoms with Gasteiger partial charge in [-0.05, 0) is 50.9 Å². The minimum absolute atomic E-state index is 0.645. The van der Waals surface area contributed by atoms with Crippen LogP contribution in [0.25, 0.3) is 28.1 Å². The van der Waals surface area contributed by atoms with E-state index >= 15 is 0 Å². The highest BCUT2D eigenvalue weighted by Gasteiger charge is 2.25. The van der Waals surface area contributed by atoms with E-state index in [2.05, 4.69) is 32.5 Å². The molecular weight excluding hydrogens is 416 g/mol. The molecule has 3 aromatic heterocycles. The van der Waals surface area contributed by atoms with Crippen LogP contribution < -0.4 is 10.2 Å². The lowest BCUT2D eigenvalue weighted by molar-refractivity contribution is 0.122. The number of ether oxygens (including phenoxy) is 1. The molecule has 2 saturated heterocycles. The molecule has 1 N–H and O–H groups in total. The summed E-state index contributed by atoms with van der Waals surface area (Å²) in [6.07, 6.45) is 3.35. The standard InChI is InChI=1S/C24H30N8O/c1-16-26-18-5-3-4-6-19(18)32(16)24-28-22-21(23(29-24)31-11-13-33-14-12-31)27-20(30(22)2)15-17-7-9-25-10-8-17/h3-6,17,25H,7-15H2,1-2H3. The fourth-order valence-corrected chi connectivity index (χ4v) is 5.10. The second kappa shape index (κ2) is 8.39. The molecule has 0 radical (unpaired) electrons. The van der Waals surface area contributed by atoms with Crippen LogP contribution in [0.15, 0.2) is 24.3 Å². The zero-order chi connectivity index (χ0) is 22.4. The minimum Gasteiger partial charge on any atom is -0.378 e. The number of para-hydroxylation sites is 2. The van der Waals surface area contributed by atoms with Crippen molar-refractivity contribution in [2.45, 2.75) is 26.2 Å². The molecule has 4 aromatic rings. The number of nitrogens with one attached hydrogen (secondary N) is 1. The number of nitrogens with zero attached hydrogens (tertiary/aromatic N) is 7. The van der Waals surface area contributed by atoms with Crippen LogP contribution in [-0.2, 0) is 18.2 Å². The smallest absolute Gasteiger partial charge is 0.239 e.